The second-order valence-electron chi connectivity index (χ2n) is 11.2. The Morgan fingerprint density at radius 1 is 1.00 bits per heavy atom. The van der Waals surface area contributed by atoms with E-state index in [2.05, 4.69) is 10.6 Å². The van der Waals surface area contributed by atoms with Gasteiger partial charge in [-0.15, -0.1) is 0 Å². The van der Waals surface area contributed by atoms with Gasteiger partial charge < -0.3 is 10.6 Å². The first-order valence-corrected chi connectivity index (χ1v) is 14.1. The Kier molecular flexibility index (Phi) is 7.81. The average Bonchev–Trinajstić information content (AvgIpc) is 3.76. The van der Waals surface area contributed by atoms with E-state index in [9.17, 15) is 19.2 Å². The van der Waals surface area contributed by atoms with Crippen LogP contribution in [0.1, 0.15) is 64.0 Å². The quantitative estimate of drug-likeness (QED) is 0.417. The molecule has 3 aromatic rings. The van der Waals surface area contributed by atoms with Gasteiger partial charge in [-0.3, -0.25) is 23.5 Å². The summed E-state index contributed by atoms with van der Waals surface area (Å²) in [7, 11) is 0. The predicted octanol–water partition coefficient (Wildman–Crippen LogP) is 5.06. The fraction of sp³-hybridized carbons (Fsp3) is 0.433. The monoisotopic (exact) mass is 561 g/mol. The van der Waals surface area contributed by atoms with Gasteiger partial charge in [0.25, 0.3) is 5.56 Å². The van der Waals surface area contributed by atoms with Gasteiger partial charge in [-0.05, 0) is 88.3 Å². The highest BCUT2D eigenvalue weighted by Crippen LogP contribution is 2.32. The Bertz CT molecular complexity index is 1650. The van der Waals surface area contributed by atoms with Crippen molar-refractivity contribution in [1.82, 2.24) is 9.13 Å². The maximum Gasteiger partial charge on any atom is 0.331 e. The number of nitrogens with zero attached hydrogens (tertiary/aromatic N) is 3. The highest BCUT2D eigenvalue weighted by molar-refractivity contribution is 6.32. The first-order chi connectivity index (χ1) is 19.2. The van der Waals surface area contributed by atoms with Gasteiger partial charge in [-0.2, -0.15) is 5.26 Å². The van der Waals surface area contributed by atoms with Crippen LogP contribution in [0.5, 0.6) is 0 Å². The van der Waals surface area contributed by atoms with Crippen molar-refractivity contribution in [2.45, 2.75) is 65.0 Å². The van der Waals surface area contributed by atoms with E-state index in [1.165, 1.54) is 4.57 Å². The summed E-state index contributed by atoms with van der Waals surface area (Å²) in [6.45, 7) is 4.24. The third-order valence-electron chi connectivity index (χ3n) is 7.86. The number of benzene rings is 2. The molecule has 0 saturated heterocycles. The zero-order chi connectivity index (χ0) is 28.6. The Hall–Kier alpha value is -3.90. The molecule has 2 aromatic carbocycles. The number of hydrogen-bond donors (Lipinski definition) is 2. The molecule has 2 amide bonds. The smallest absolute Gasteiger partial charge is 0.326 e. The lowest BCUT2D eigenvalue weighted by Crippen LogP contribution is -2.41. The molecule has 0 bridgehead atoms. The summed E-state index contributed by atoms with van der Waals surface area (Å²) in [5, 5.41) is 15.5. The molecule has 0 radical (unpaired) electrons. The number of carbonyl (C=O) groups excluding carboxylic acids is 2. The zero-order valence-electron chi connectivity index (χ0n) is 22.6. The highest BCUT2D eigenvalue weighted by atomic mass is 35.5. The number of amides is 2. The number of halogens is 1. The van der Waals surface area contributed by atoms with Gasteiger partial charge in [-0.25, -0.2) is 4.79 Å². The number of anilines is 2. The van der Waals surface area contributed by atoms with Crippen LogP contribution >= 0.6 is 11.6 Å². The molecule has 0 unspecified atom stereocenters. The maximum absolute atomic E-state index is 13.3. The number of aromatic nitrogens is 2. The van der Waals surface area contributed by atoms with Gasteiger partial charge in [0.2, 0.25) is 11.8 Å². The third-order valence-corrected chi connectivity index (χ3v) is 8.18. The summed E-state index contributed by atoms with van der Waals surface area (Å²) in [4.78, 5) is 52.7. The minimum Gasteiger partial charge on any atom is -0.326 e. The van der Waals surface area contributed by atoms with E-state index in [1.807, 2.05) is 19.9 Å². The Morgan fingerprint density at radius 3 is 2.20 bits per heavy atom. The van der Waals surface area contributed by atoms with Crippen molar-refractivity contribution in [2.24, 2.45) is 17.8 Å². The second kappa shape index (κ2) is 11.3. The molecule has 0 spiro atoms. The minimum absolute atomic E-state index is 0.132. The fourth-order valence-electron chi connectivity index (χ4n) is 5.52. The Morgan fingerprint density at radius 2 is 1.62 bits per heavy atom. The molecule has 9 nitrogen and oxygen atoms in total. The fourth-order valence-corrected chi connectivity index (χ4v) is 5.74. The first kappa shape index (κ1) is 27.7. The summed E-state index contributed by atoms with van der Waals surface area (Å²) < 4.78 is 2.97. The summed E-state index contributed by atoms with van der Waals surface area (Å²) in [6.07, 6.45) is 4.49. The molecule has 1 heterocycles. The largest absolute Gasteiger partial charge is 0.331 e. The zero-order valence-corrected chi connectivity index (χ0v) is 23.3. The van der Waals surface area contributed by atoms with E-state index >= 15 is 0 Å². The van der Waals surface area contributed by atoms with Gasteiger partial charge >= 0.3 is 5.69 Å². The van der Waals surface area contributed by atoms with Crippen LogP contribution in [-0.4, -0.2) is 20.9 Å². The number of hydrogen-bond acceptors (Lipinski definition) is 5. The van der Waals surface area contributed by atoms with Crippen molar-refractivity contribution >= 4 is 45.7 Å². The third kappa shape index (κ3) is 5.68. The average molecular weight is 562 g/mol. The van der Waals surface area contributed by atoms with Crippen LogP contribution in [0.15, 0.2) is 46.0 Å². The summed E-state index contributed by atoms with van der Waals surface area (Å²) >= 11 is 6.09. The lowest BCUT2D eigenvalue weighted by Gasteiger charge is -2.27. The summed E-state index contributed by atoms with van der Waals surface area (Å²) in [6, 6.07) is 11.7. The lowest BCUT2D eigenvalue weighted by molar-refractivity contribution is -0.124. The van der Waals surface area contributed by atoms with Crippen LogP contribution in [-0.2, 0) is 16.1 Å². The van der Waals surface area contributed by atoms with Crippen molar-refractivity contribution in [3.8, 4) is 6.07 Å². The molecule has 5 rings (SSSR count). The van der Waals surface area contributed by atoms with Crippen molar-refractivity contribution in [3.05, 3.63) is 67.8 Å². The van der Waals surface area contributed by atoms with E-state index in [-0.39, 0.29) is 46.0 Å². The molecule has 208 valence electrons. The minimum atomic E-state index is -0.360. The Labute approximate surface area is 236 Å². The SMILES string of the molecule is CC(C)n1c(=O)n(CC2CC2)c(=O)c2cc(NC(=O)[C@@H]3CCC[C@@H](C(=O)Nc4ccc(C#N)c(Cl)c4)C3)ccc21. The number of fused-ring (bicyclic) bond motifs is 1. The molecule has 10 heteroatoms. The van der Waals surface area contributed by atoms with Crippen molar-refractivity contribution in [1.29, 1.82) is 5.26 Å². The molecule has 2 aliphatic rings. The molecular formula is C30H32ClN5O4. The molecule has 1 aromatic heterocycles. The van der Waals surface area contributed by atoms with Crippen molar-refractivity contribution < 1.29 is 9.59 Å². The molecule has 2 saturated carbocycles. The number of rotatable bonds is 7. The van der Waals surface area contributed by atoms with Crippen molar-refractivity contribution in [3.63, 3.8) is 0 Å². The first-order valence-electron chi connectivity index (χ1n) is 13.8. The normalized spacial score (nSPS) is 18.9. The molecular weight excluding hydrogens is 530 g/mol. The number of nitriles is 1. The molecule has 2 fully saturated rings. The van der Waals surface area contributed by atoms with Gasteiger partial charge in [0.05, 0.1) is 21.5 Å². The van der Waals surface area contributed by atoms with Crippen LogP contribution < -0.4 is 21.9 Å². The van der Waals surface area contributed by atoms with E-state index in [0.717, 1.165) is 19.3 Å². The van der Waals surface area contributed by atoms with Gasteiger partial charge in [0.15, 0.2) is 0 Å². The van der Waals surface area contributed by atoms with Crippen LogP contribution in [0, 0.1) is 29.1 Å². The van der Waals surface area contributed by atoms with E-state index < -0.39 is 0 Å². The van der Waals surface area contributed by atoms with E-state index in [4.69, 9.17) is 16.9 Å². The van der Waals surface area contributed by atoms with Gasteiger partial charge in [0, 0.05) is 35.8 Å². The highest BCUT2D eigenvalue weighted by Gasteiger charge is 2.32. The Balaban J connectivity index is 1.32. The second-order valence-corrected chi connectivity index (χ2v) is 11.6. The molecule has 0 aliphatic heterocycles. The van der Waals surface area contributed by atoms with Crippen LogP contribution in [0.3, 0.4) is 0 Å². The van der Waals surface area contributed by atoms with E-state index in [1.54, 1.807) is 41.0 Å². The summed E-state index contributed by atoms with van der Waals surface area (Å²) in [5.41, 5.74) is 1.23. The van der Waals surface area contributed by atoms with Crippen LogP contribution in [0.25, 0.3) is 10.9 Å². The molecule has 40 heavy (non-hydrogen) atoms. The number of nitrogens with one attached hydrogen (secondary N) is 2. The number of carbonyl (C=O) groups is 2. The van der Waals surface area contributed by atoms with Crippen LogP contribution in [0.4, 0.5) is 11.4 Å². The summed E-state index contributed by atoms with van der Waals surface area (Å²) in [5.74, 6) is -0.733. The van der Waals surface area contributed by atoms with Crippen molar-refractivity contribution in [2.75, 3.05) is 10.6 Å². The predicted molar refractivity (Wildman–Crippen MR) is 154 cm³/mol. The standard InChI is InChI=1S/C30H32ClN5O4/c1-17(2)36-26-11-10-22(13-24(26)29(39)35(30(36)40)16-18-6-7-18)33-27(37)19-4-3-5-20(12-19)28(38)34-23-9-8-21(15-32)25(31)14-23/h8-11,13-14,17-20H,3-7,12,16H2,1-2H3,(H,33,37)(H,34,38)/t19-,20-/m1/s1. The van der Waals surface area contributed by atoms with Gasteiger partial charge in [0.1, 0.15) is 6.07 Å². The van der Waals surface area contributed by atoms with Crippen LogP contribution in [0.2, 0.25) is 5.02 Å². The lowest BCUT2D eigenvalue weighted by atomic mass is 9.80. The topological polar surface area (TPSA) is 126 Å². The van der Waals surface area contributed by atoms with Gasteiger partial charge in [-0.1, -0.05) is 18.0 Å². The maximum atomic E-state index is 13.3. The molecule has 2 N–H and O–H groups in total. The van der Waals surface area contributed by atoms with E-state index in [0.29, 0.717) is 59.6 Å². The molecule has 2 aliphatic carbocycles. The molecule has 2 atom stereocenters.